The fourth-order valence-electron chi connectivity index (χ4n) is 0.739. The number of ether oxygens (including phenoxy) is 1. The summed E-state index contributed by atoms with van der Waals surface area (Å²) < 4.78 is 39.3. The first-order chi connectivity index (χ1) is 6.33. The Labute approximate surface area is 81.4 Å². The molecule has 0 aromatic rings. The van der Waals surface area contributed by atoms with Gasteiger partial charge in [-0.1, -0.05) is 13.0 Å². The van der Waals surface area contributed by atoms with Crippen molar-refractivity contribution in [1.82, 2.24) is 0 Å². The molecule has 0 aliphatic rings. The van der Waals surface area contributed by atoms with Gasteiger partial charge in [0.2, 0.25) is 0 Å². The maximum atomic E-state index is 11.6. The number of aliphatic hydroxyl groups is 1. The summed E-state index contributed by atoms with van der Waals surface area (Å²) in [6, 6.07) is 0. The summed E-state index contributed by atoms with van der Waals surface area (Å²) in [6.45, 7) is 3.77. The smallest absolute Gasteiger partial charge is 0.395 e. The first kappa shape index (κ1) is 13.4. The van der Waals surface area contributed by atoms with Gasteiger partial charge in [-0.05, 0) is 6.42 Å². The SMILES string of the molecule is C=CC(C)(CO)CCOCC(F)(F)F. The van der Waals surface area contributed by atoms with Crippen molar-refractivity contribution in [3.8, 4) is 0 Å². The topological polar surface area (TPSA) is 29.5 Å². The normalized spacial score (nSPS) is 16.4. The van der Waals surface area contributed by atoms with Crippen LogP contribution in [0.25, 0.3) is 0 Å². The minimum atomic E-state index is -4.29. The molecule has 0 radical (unpaired) electrons. The molecule has 2 nitrogen and oxygen atoms in total. The molecule has 14 heavy (non-hydrogen) atoms. The summed E-state index contributed by atoms with van der Waals surface area (Å²) in [6.07, 6.45) is -2.45. The molecule has 0 aromatic carbocycles. The molecule has 84 valence electrons. The van der Waals surface area contributed by atoms with Gasteiger partial charge in [-0.25, -0.2) is 0 Å². The second-order valence-electron chi connectivity index (χ2n) is 3.43. The molecular weight excluding hydrogens is 197 g/mol. The Hall–Kier alpha value is -0.550. The van der Waals surface area contributed by atoms with Crippen LogP contribution in [0.4, 0.5) is 13.2 Å². The lowest BCUT2D eigenvalue weighted by Crippen LogP contribution is -2.23. The van der Waals surface area contributed by atoms with Gasteiger partial charge in [0, 0.05) is 12.0 Å². The van der Waals surface area contributed by atoms with Crippen LogP contribution in [0.2, 0.25) is 0 Å². The first-order valence-corrected chi connectivity index (χ1v) is 4.22. The predicted octanol–water partition coefficient (Wildman–Crippen LogP) is 2.14. The van der Waals surface area contributed by atoms with Crippen LogP contribution >= 0.6 is 0 Å². The summed E-state index contributed by atoms with van der Waals surface area (Å²) in [5, 5.41) is 8.90. The van der Waals surface area contributed by atoms with Gasteiger partial charge in [0.05, 0.1) is 6.61 Å². The van der Waals surface area contributed by atoms with E-state index in [9.17, 15) is 13.2 Å². The van der Waals surface area contributed by atoms with Crippen LogP contribution in [0.15, 0.2) is 12.7 Å². The minimum Gasteiger partial charge on any atom is -0.395 e. The maximum absolute atomic E-state index is 11.6. The van der Waals surface area contributed by atoms with Crippen LogP contribution in [0, 0.1) is 5.41 Å². The van der Waals surface area contributed by atoms with Gasteiger partial charge in [0.25, 0.3) is 0 Å². The van der Waals surface area contributed by atoms with Crippen molar-refractivity contribution in [3.05, 3.63) is 12.7 Å². The number of hydrogen-bond acceptors (Lipinski definition) is 2. The van der Waals surface area contributed by atoms with E-state index < -0.39 is 18.2 Å². The monoisotopic (exact) mass is 212 g/mol. The molecule has 0 fully saturated rings. The molecule has 1 atom stereocenters. The molecule has 0 saturated carbocycles. The molecule has 0 aliphatic carbocycles. The lowest BCUT2D eigenvalue weighted by molar-refractivity contribution is -0.175. The molecule has 0 bridgehead atoms. The Bertz CT molecular complexity index is 179. The van der Waals surface area contributed by atoms with E-state index in [0.29, 0.717) is 6.42 Å². The van der Waals surface area contributed by atoms with E-state index in [1.165, 1.54) is 6.08 Å². The van der Waals surface area contributed by atoms with Crippen molar-refractivity contribution >= 4 is 0 Å². The predicted molar refractivity (Wildman–Crippen MR) is 46.9 cm³/mol. The third-order valence-corrected chi connectivity index (χ3v) is 1.94. The third-order valence-electron chi connectivity index (χ3n) is 1.94. The van der Waals surface area contributed by atoms with Gasteiger partial charge in [0.15, 0.2) is 0 Å². The van der Waals surface area contributed by atoms with Crippen LogP contribution in [0.3, 0.4) is 0 Å². The summed E-state index contributed by atoms with van der Waals surface area (Å²) in [5.74, 6) is 0. The highest BCUT2D eigenvalue weighted by Gasteiger charge is 2.28. The molecule has 1 unspecified atom stereocenters. The Morgan fingerprint density at radius 1 is 1.43 bits per heavy atom. The zero-order valence-electron chi connectivity index (χ0n) is 8.10. The average molecular weight is 212 g/mol. The fourth-order valence-corrected chi connectivity index (χ4v) is 0.739. The Balaban J connectivity index is 3.68. The van der Waals surface area contributed by atoms with E-state index in [1.54, 1.807) is 6.92 Å². The highest BCUT2D eigenvalue weighted by Crippen LogP contribution is 2.22. The molecule has 0 amide bonds. The first-order valence-electron chi connectivity index (χ1n) is 4.22. The fraction of sp³-hybridized carbons (Fsp3) is 0.778. The van der Waals surface area contributed by atoms with E-state index in [2.05, 4.69) is 11.3 Å². The van der Waals surface area contributed by atoms with Crippen molar-refractivity contribution in [2.75, 3.05) is 19.8 Å². The Morgan fingerprint density at radius 3 is 2.36 bits per heavy atom. The zero-order valence-corrected chi connectivity index (χ0v) is 8.10. The summed E-state index contributed by atoms with van der Waals surface area (Å²) in [7, 11) is 0. The third kappa shape index (κ3) is 5.99. The number of alkyl halides is 3. The number of rotatable bonds is 6. The van der Waals surface area contributed by atoms with Gasteiger partial charge >= 0.3 is 6.18 Å². The number of aliphatic hydroxyl groups excluding tert-OH is 1. The van der Waals surface area contributed by atoms with E-state index in [1.807, 2.05) is 0 Å². The Kier molecular flexibility index (Phi) is 5.15. The molecule has 0 saturated heterocycles. The summed E-state index contributed by atoms with van der Waals surface area (Å²) in [4.78, 5) is 0. The second kappa shape index (κ2) is 5.36. The molecule has 0 rings (SSSR count). The van der Waals surface area contributed by atoms with Gasteiger partial charge in [-0.2, -0.15) is 13.2 Å². The van der Waals surface area contributed by atoms with Crippen LogP contribution in [0.1, 0.15) is 13.3 Å². The molecule has 1 N–H and O–H groups in total. The van der Waals surface area contributed by atoms with Crippen molar-refractivity contribution in [3.63, 3.8) is 0 Å². The van der Waals surface area contributed by atoms with Crippen LogP contribution in [0.5, 0.6) is 0 Å². The lowest BCUT2D eigenvalue weighted by Gasteiger charge is -2.22. The quantitative estimate of drug-likeness (QED) is 0.540. The van der Waals surface area contributed by atoms with Crippen LogP contribution in [-0.2, 0) is 4.74 Å². The lowest BCUT2D eigenvalue weighted by atomic mass is 9.88. The average Bonchev–Trinajstić information content (AvgIpc) is 2.11. The zero-order chi connectivity index (χ0) is 11.2. The second-order valence-corrected chi connectivity index (χ2v) is 3.43. The van der Waals surface area contributed by atoms with E-state index in [-0.39, 0.29) is 13.2 Å². The summed E-state index contributed by atoms with van der Waals surface area (Å²) >= 11 is 0. The van der Waals surface area contributed by atoms with Gasteiger partial charge < -0.3 is 9.84 Å². The van der Waals surface area contributed by atoms with Gasteiger partial charge in [-0.15, -0.1) is 6.58 Å². The highest BCUT2D eigenvalue weighted by molar-refractivity contribution is 4.90. The number of halogens is 3. The van der Waals surface area contributed by atoms with E-state index in [0.717, 1.165) is 0 Å². The molecule has 0 aliphatic heterocycles. The van der Waals surface area contributed by atoms with Crippen molar-refractivity contribution in [1.29, 1.82) is 0 Å². The molecule has 0 heterocycles. The van der Waals surface area contributed by atoms with Gasteiger partial charge in [0.1, 0.15) is 6.61 Å². The van der Waals surface area contributed by atoms with E-state index >= 15 is 0 Å². The van der Waals surface area contributed by atoms with Crippen LogP contribution in [-0.4, -0.2) is 31.1 Å². The maximum Gasteiger partial charge on any atom is 0.411 e. The molecule has 5 heteroatoms. The molecule has 0 aromatic heterocycles. The van der Waals surface area contributed by atoms with Crippen molar-refractivity contribution < 1.29 is 23.0 Å². The van der Waals surface area contributed by atoms with Crippen molar-refractivity contribution in [2.45, 2.75) is 19.5 Å². The largest absolute Gasteiger partial charge is 0.411 e. The molecule has 0 spiro atoms. The highest BCUT2D eigenvalue weighted by atomic mass is 19.4. The summed E-state index contributed by atoms with van der Waals surface area (Å²) in [5.41, 5.74) is -0.564. The minimum absolute atomic E-state index is 0.0391. The van der Waals surface area contributed by atoms with Crippen LogP contribution < -0.4 is 0 Å². The molecular formula is C9H15F3O2. The Morgan fingerprint density at radius 2 is 2.00 bits per heavy atom. The standard InChI is InChI=1S/C9H15F3O2/c1-3-8(2,6-13)4-5-14-7-9(10,11)12/h3,13H,1,4-7H2,2H3. The number of hydrogen-bond donors (Lipinski definition) is 1. The van der Waals surface area contributed by atoms with Gasteiger partial charge in [-0.3, -0.25) is 0 Å². The van der Waals surface area contributed by atoms with E-state index in [4.69, 9.17) is 5.11 Å². The van der Waals surface area contributed by atoms with Crippen molar-refractivity contribution in [2.24, 2.45) is 5.41 Å².